The number of aromatic nitrogens is 2. The molecular formula is C14H16ClN3O3S. The predicted molar refractivity (Wildman–Crippen MR) is 84.2 cm³/mol. The van der Waals surface area contributed by atoms with Gasteiger partial charge in [-0.2, -0.15) is 5.10 Å². The van der Waals surface area contributed by atoms with E-state index in [9.17, 15) is 13.2 Å². The monoisotopic (exact) mass is 341 g/mol. The first-order valence-corrected chi connectivity index (χ1v) is 8.52. The van der Waals surface area contributed by atoms with Crippen molar-refractivity contribution in [1.29, 1.82) is 0 Å². The van der Waals surface area contributed by atoms with E-state index >= 15 is 0 Å². The van der Waals surface area contributed by atoms with Crippen molar-refractivity contribution in [1.82, 2.24) is 14.5 Å². The number of carbonyl (C=O) groups excluding carboxylic acids is 1. The van der Waals surface area contributed by atoms with Crippen LogP contribution in [0.3, 0.4) is 0 Å². The van der Waals surface area contributed by atoms with Gasteiger partial charge in [0.05, 0.1) is 17.0 Å². The van der Waals surface area contributed by atoms with Crippen molar-refractivity contribution < 1.29 is 13.2 Å². The van der Waals surface area contributed by atoms with Gasteiger partial charge in [-0.1, -0.05) is 29.8 Å². The highest BCUT2D eigenvalue weighted by atomic mass is 35.5. The van der Waals surface area contributed by atoms with Crippen LogP contribution in [0.5, 0.6) is 0 Å². The number of nitrogens with zero attached hydrogens (tertiary/aromatic N) is 2. The Hall–Kier alpha value is -1.86. The highest BCUT2D eigenvalue weighted by molar-refractivity contribution is 7.89. The lowest BCUT2D eigenvalue weighted by Crippen LogP contribution is -2.32. The van der Waals surface area contributed by atoms with Crippen LogP contribution < -0.4 is 4.72 Å². The molecule has 1 heterocycles. The normalized spacial score (nSPS) is 11.5. The molecule has 0 aliphatic heterocycles. The second-order valence-corrected chi connectivity index (χ2v) is 7.08. The Bertz CT molecular complexity index is 828. The van der Waals surface area contributed by atoms with Crippen LogP contribution in [0.1, 0.15) is 27.3 Å². The summed E-state index contributed by atoms with van der Waals surface area (Å²) in [4.78, 5) is 12.2. The quantitative estimate of drug-likeness (QED) is 0.921. The molecule has 0 bridgehead atoms. The highest BCUT2D eigenvalue weighted by Crippen LogP contribution is 2.18. The summed E-state index contributed by atoms with van der Waals surface area (Å²) in [5.41, 5.74) is 1.78. The summed E-state index contributed by atoms with van der Waals surface area (Å²) in [6, 6.07) is 6.60. The zero-order valence-corrected chi connectivity index (χ0v) is 14.0. The summed E-state index contributed by atoms with van der Waals surface area (Å²) in [5.74, 6) is -1.05. The number of amides is 1. The highest BCUT2D eigenvalue weighted by Gasteiger charge is 2.23. The van der Waals surface area contributed by atoms with Crippen LogP contribution in [0, 0.1) is 13.8 Å². The number of rotatable bonds is 4. The molecule has 1 amide bonds. The molecule has 0 saturated carbocycles. The Labute approximate surface area is 134 Å². The Morgan fingerprint density at radius 2 is 1.95 bits per heavy atom. The number of sulfonamides is 1. The molecule has 0 fully saturated rings. The van der Waals surface area contributed by atoms with E-state index < -0.39 is 15.9 Å². The third-order valence-electron chi connectivity index (χ3n) is 3.29. The van der Waals surface area contributed by atoms with Crippen LogP contribution in [0.15, 0.2) is 24.3 Å². The average molecular weight is 342 g/mol. The predicted octanol–water partition coefficient (Wildman–Crippen LogP) is 1.95. The fourth-order valence-electron chi connectivity index (χ4n) is 2.15. The van der Waals surface area contributed by atoms with Gasteiger partial charge >= 0.3 is 0 Å². The zero-order chi connectivity index (χ0) is 16.5. The summed E-state index contributed by atoms with van der Waals surface area (Å²) in [6.07, 6.45) is 0. The minimum Gasteiger partial charge on any atom is -0.272 e. The van der Waals surface area contributed by atoms with Crippen molar-refractivity contribution in [3.05, 3.63) is 51.8 Å². The van der Waals surface area contributed by atoms with Crippen LogP contribution >= 0.6 is 11.6 Å². The second kappa shape index (κ2) is 6.10. The van der Waals surface area contributed by atoms with E-state index in [2.05, 4.69) is 9.82 Å². The van der Waals surface area contributed by atoms with Gasteiger partial charge in [-0.15, -0.1) is 0 Å². The number of halogens is 1. The van der Waals surface area contributed by atoms with Gasteiger partial charge in [0, 0.05) is 17.8 Å². The van der Waals surface area contributed by atoms with Gasteiger partial charge in [-0.25, -0.2) is 13.1 Å². The molecule has 0 aliphatic rings. The number of hydrogen-bond donors (Lipinski definition) is 1. The fourth-order valence-corrected chi connectivity index (χ4v) is 3.55. The molecule has 1 aromatic heterocycles. The molecule has 118 valence electrons. The minimum atomic E-state index is -3.85. The SMILES string of the molecule is Cc1nn(C)c(C)c1C(=O)NS(=O)(=O)Cc1ccccc1Cl. The molecule has 2 aromatic rings. The average Bonchev–Trinajstić information content (AvgIpc) is 2.65. The molecular weight excluding hydrogens is 326 g/mol. The van der Waals surface area contributed by atoms with Gasteiger partial charge in [0.15, 0.2) is 0 Å². The van der Waals surface area contributed by atoms with Gasteiger partial charge in [-0.3, -0.25) is 9.48 Å². The standard InChI is InChI=1S/C14H16ClN3O3S/c1-9-13(10(2)18(3)16-9)14(19)17-22(20,21)8-11-6-4-5-7-12(11)15/h4-7H,8H2,1-3H3,(H,17,19). The molecule has 8 heteroatoms. The van der Waals surface area contributed by atoms with Gasteiger partial charge in [0.25, 0.3) is 5.91 Å². The van der Waals surface area contributed by atoms with Crippen molar-refractivity contribution in [2.24, 2.45) is 7.05 Å². The molecule has 0 aliphatic carbocycles. The Morgan fingerprint density at radius 3 is 2.50 bits per heavy atom. The number of nitrogens with one attached hydrogen (secondary N) is 1. The molecule has 0 spiro atoms. The van der Waals surface area contributed by atoms with Crippen molar-refractivity contribution >= 4 is 27.5 Å². The zero-order valence-electron chi connectivity index (χ0n) is 12.4. The first kappa shape index (κ1) is 16.5. The minimum absolute atomic E-state index is 0.269. The van der Waals surface area contributed by atoms with Gasteiger partial charge in [0.2, 0.25) is 10.0 Å². The summed E-state index contributed by atoms with van der Waals surface area (Å²) < 4.78 is 27.9. The Kier molecular flexibility index (Phi) is 4.58. The maximum atomic E-state index is 12.2. The molecule has 2 rings (SSSR count). The molecule has 22 heavy (non-hydrogen) atoms. The summed E-state index contributed by atoms with van der Waals surface area (Å²) in [5, 5.41) is 4.44. The summed E-state index contributed by atoms with van der Waals surface area (Å²) >= 11 is 5.95. The van der Waals surface area contributed by atoms with Crippen molar-refractivity contribution in [2.75, 3.05) is 0 Å². The van der Waals surface area contributed by atoms with E-state index in [4.69, 9.17) is 11.6 Å². The van der Waals surface area contributed by atoms with Crippen LogP contribution in [0.4, 0.5) is 0 Å². The van der Waals surface area contributed by atoms with Gasteiger partial charge in [-0.05, 0) is 25.5 Å². The lowest BCUT2D eigenvalue weighted by molar-refractivity contribution is 0.0980. The van der Waals surface area contributed by atoms with Crippen LogP contribution in [0.25, 0.3) is 0 Å². The number of benzene rings is 1. The molecule has 0 radical (unpaired) electrons. The Morgan fingerprint density at radius 1 is 1.32 bits per heavy atom. The van der Waals surface area contributed by atoms with E-state index in [1.54, 1.807) is 45.2 Å². The molecule has 0 unspecified atom stereocenters. The smallest absolute Gasteiger partial charge is 0.268 e. The molecule has 6 nitrogen and oxygen atoms in total. The van der Waals surface area contributed by atoms with Crippen molar-refractivity contribution in [3.63, 3.8) is 0 Å². The number of carbonyl (C=O) groups is 1. The number of hydrogen-bond acceptors (Lipinski definition) is 4. The maximum Gasteiger partial charge on any atom is 0.268 e. The Balaban J connectivity index is 2.22. The maximum absolute atomic E-state index is 12.2. The lowest BCUT2D eigenvalue weighted by Gasteiger charge is -2.08. The largest absolute Gasteiger partial charge is 0.272 e. The molecule has 1 aromatic carbocycles. The summed E-state index contributed by atoms with van der Waals surface area (Å²) in [6.45, 7) is 3.36. The van der Waals surface area contributed by atoms with E-state index in [0.29, 0.717) is 22.0 Å². The van der Waals surface area contributed by atoms with Crippen LogP contribution in [0.2, 0.25) is 5.02 Å². The van der Waals surface area contributed by atoms with E-state index in [1.165, 1.54) is 4.68 Å². The molecule has 1 N–H and O–H groups in total. The van der Waals surface area contributed by atoms with Crippen LogP contribution in [-0.2, 0) is 22.8 Å². The topological polar surface area (TPSA) is 81.1 Å². The second-order valence-electron chi connectivity index (χ2n) is 4.95. The third-order valence-corrected chi connectivity index (χ3v) is 4.84. The first-order valence-electron chi connectivity index (χ1n) is 6.49. The molecule has 0 saturated heterocycles. The van der Waals surface area contributed by atoms with Crippen LogP contribution in [-0.4, -0.2) is 24.1 Å². The summed E-state index contributed by atoms with van der Waals surface area (Å²) in [7, 11) is -2.16. The van der Waals surface area contributed by atoms with E-state index in [-0.39, 0.29) is 11.3 Å². The first-order chi connectivity index (χ1) is 10.2. The van der Waals surface area contributed by atoms with E-state index in [0.717, 1.165) is 0 Å². The van der Waals surface area contributed by atoms with Crippen molar-refractivity contribution in [2.45, 2.75) is 19.6 Å². The number of aryl methyl sites for hydroxylation is 2. The lowest BCUT2D eigenvalue weighted by atomic mass is 10.2. The third kappa shape index (κ3) is 3.48. The van der Waals surface area contributed by atoms with Gasteiger partial charge in [0.1, 0.15) is 0 Å². The fraction of sp³-hybridized carbons (Fsp3) is 0.286. The molecule has 0 atom stereocenters. The van der Waals surface area contributed by atoms with E-state index in [1.807, 2.05) is 0 Å². The van der Waals surface area contributed by atoms with Gasteiger partial charge < -0.3 is 0 Å². The van der Waals surface area contributed by atoms with Crippen molar-refractivity contribution in [3.8, 4) is 0 Å².